The summed E-state index contributed by atoms with van der Waals surface area (Å²) in [7, 11) is 0. The molecule has 1 rings (SSSR count). The van der Waals surface area contributed by atoms with Gasteiger partial charge in [0.05, 0.1) is 0 Å². The summed E-state index contributed by atoms with van der Waals surface area (Å²) in [5.41, 5.74) is -0.0446. The maximum absolute atomic E-state index is 11.7. The van der Waals surface area contributed by atoms with Crippen LogP contribution in [0.2, 0.25) is 0 Å². The molecule has 0 aliphatic heterocycles. The molecule has 4 heteroatoms. The molecule has 0 heterocycles. The molecule has 0 spiro atoms. The zero-order chi connectivity index (χ0) is 11.3. The number of hydrogen-bond donors (Lipinski definition) is 1. The quantitative estimate of drug-likeness (QED) is 0.270. The van der Waals surface area contributed by atoms with E-state index in [2.05, 4.69) is 5.16 Å². The van der Waals surface area contributed by atoms with Crippen molar-refractivity contribution in [1.82, 2.24) is 0 Å². The van der Waals surface area contributed by atoms with Gasteiger partial charge in [0, 0.05) is 19.4 Å². The topological polar surface area (TPSA) is 58.7 Å². The normalized spacial score (nSPS) is 13.3. The van der Waals surface area contributed by atoms with Crippen molar-refractivity contribution in [3.8, 4) is 0 Å². The first-order valence-electron chi connectivity index (χ1n) is 4.61. The number of nitrogens with zero attached hydrogens (tertiary/aromatic N) is 2. The van der Waals surface area contributed by atoms with Gasteiger partial charge in [-0.15, -0.1) is 0 Å². The number of benzene rings is 1. The van der Waals surface area contributed by atoms with Gasteiger partial charge in [-0.25, -0.2) is 4.74 Å². The highest BCUT2D eigenvalue weighted by molar-refractivity contribution is 5.77. The molecule has 0 fully saturated rings. The molecule has 0 saturated heterocycles. The minimum absolute atomic E-state index is 0.752. The predicted molar refractivity (Wildman–Crippen MR) is 59.6 cm³/mol. The highest BCUT2D eigenvalue weighted by Gasteiger charge is 2.23. The minimum atomic E-state index is -0.857. The average molecular weight is 206 g/mol. The first kappa shape index (κ1) is 11.2. The van der Waals surface area contributed by atoms with E-state index in [9.17, 15) is 5.21 Å². The summed E-state index contributed by atoms with van der Waals surface area (Å²) < 4.78 is 0.752. The summed E-state index contributed by atoms with van der Waals surface area (Å²) >= 11 is 0. The van der Waals surface area contributed by atoms with Gasteiger partial charge in [-0.05, 0) is 12.1 Å². The van der Waals surface area contributed by atoms with Crippen LogP contribution in [0.15, 0.2) is 35.5 Å². The maximum Gasteiger partial charge on any atom is 0.205 e. The summed E-state index contributed by atoms with van der Waals surface area (Å²) in [6.07, 6.45) is 2.65. The molecular formula is C11H14N2O2. The molecule has 1 N–H and O–H groups in total. The fourth-order valence-corrected chi connectivity index (χ4v) is 1.04. The van der Waals surface area contributed by atoms with Crippen molar-refractivity contribution in [3.63, 3.8) is 0 Å². The van der Waals surface area contributed by atoms with Crippen molar-refractivity contribution in [1.29, 1.82) is 0 Å². The summed E-state index contributed by atoms with van der Waals surface area (Å²) in [4.78, 5) is 0. The molecule has 0 aromatic heterocycles. The van der Waals surface area contributed by atoms with Gasteiger partial charge in [0.25, 0.3) is 0 Å². The van der Waals surface area contributed by atoms with Crippen LogP contribution in [-0.2, 0) is 0 Å². The Hall–Kier alpha value is -1.84. The summed E-state index contributed by atoms with van der Waals surface area (Å²) in [5.74, 6) is 0. The Kier molecular flexibility index (Phi) is 3.44. The van der Waals surface area contributed by atoms with Crippen LogP contribution in [-0.4, -0.2) is 27.9 Å². The fraction of sp³-hybridized carbons (Fsp3) is 0.273. The third kappa shape index (κ3) is 3.09. The van der Waals surface area contributed by atoms with Gasteiger partial charge in [0.15, 0.2) is 6.21 Å². The number of rotatable bonds is 3. The Morgan fingerprint density at radius 3 is 2.47 bits per heavy atom. The number of hydrogen-bond acceptors (Lipinski definition) is 3. The molecule has 0 radical (unpaired) electrons. The van der Waals surface area contributed by atoms with Crippen molar-refractivity contribution in [2.45, 2.75) is 19.4 Å². The fourth-order valence-electron chi connectivity index (χ4n) is 1.04. The van der Waals surface area contributed by atoms with Gasteiger partial charge in [0.2, 0.25) is 5.54 Å². The highest BCUT2D eigenvalue weighted by Crippen LogP contribution is 2.05. The first-order valence-corrected chi connectivity index (χ1v) is 4.61. The maximum atomic E-state index is 11.7. The molecule has 0 atom stereocenters. The van der Waals surface area contributed by atoms with Crippen LogP contribution in [0.3, 0.4) is 0 Å². The molecule has 1 aromatic rings. The van der Waals surface area contributed by atoms with Gasteiger partial charge in [-0.3, -0.25) is 0 Å². The van der Waals surface area contributed by atoms with Crippen LogP contribution < -0.4 is 0 Å². The number of hydroxylamine groups is 1. The molecule has 0 aliphatic carbocycles. The molecule has 0 aliphatic rings. The Morgan fingerprint density at radius 1 is 1.33 bits per heavy atom. The Labute approximate surface area is 88.8 Å². The average Bonchev–Trinajstić information content (AvgIpc) is 2.19. The Morgan fingerprint density at radius 2 is 1.93 bits per heavy atom. The van der Waals surface area contributed by atoms with E-state index in [0.29, 0.717) is 0 Å². The van der Waals surface area contributed by atoms with E-state index >= 15 is 0 Å². The largest absolute Gasteiger partial charge is 0.623 e. The summed E-state index contributed by atoms with van der Waals surface area (Å²) in [6.45, 7) is 3.33. The second-order valence-corrected chi connectivity index (χ2v) is 3.76. The van der Waals surface area contributed by atoms with Gasteiger partial charge in [-0.1, -0.05) is 23.4 Å². The molecule has 0 unspecified atom stereocenters. The third-order valence-corrected chi connectivity index (χ3v) is 2.01. The lowest BCUT2D eigenvalue weighted by Crippen LogP contribution is -2.35. The Balaban J connectivity index is 2.94. The van der Waals surface area contributed by atoms with Gasteiger partial charge in [0.1, 0.15) is 6.21 Å². The van der Waals surface area contributed by atoms with Crippen LogP contribution in [0.5, 0.6) is 0 Å². The molecule has 4 nitrogen and oxygen atoms in total. The van der Waals surface area contributed by atoms with Crippen LogP contribution in [0.25, 0.3) is 0 Å². The summed E-state index contributed by atoms with van der Waals surface area (Å²) in [5, 5.41) is 23.0. The SMILES string of the molecule is CC(C)(/C=N/O)/[N+]([O-])=C\c1ccccc1. The molecule has 0 bridgehead atoms. The zero-order valence-electron chi connectivity index (χ0n) is 8.79. The standard InChI is InChI=1S/C11H14N2O2/c1-11(2,9-12-14)13(15)8-10-6-4-3-5-7-10/h3-9,14H,1-2H3/b12-9+,13-8+. The lowest BCUT2D eigenvalue weighted by Gasteiger charge is -2.18. The van der Waals surface area contributed by atoms with E-state index < -0.39 is 5.54 Å². The van der Waals surface area contributed by atoms with Crippen LogP contribution >= 0.6 is 0 Å². The number of oxime groups is 1. The lowest BCUT2D eigenvalue weighted by molar-refractivity contribution is -0.511. The zero-order valence-corrected chi connectivity index (χ0v) is 8.79. The Bertz CT molecular complexity index is 369. The highest BCUT2D eigenvalue weighted by atomic mass is 16.5. The van der Waals surface area contributed by atoms with E-state index in [-0.39, 0.29) is 0 Å². The van der Waals surface area contributed by atoms with Gasteiger partial charge < -0.3 is 10.4 Å². The second kappa shape index (κ2) is 4.59. The minimum Gasteiger partial charge on any atom is -0.623 e. The van der Waals surface area contributed by atoms with E-state index in [4.69, 9.17) is 5.21 Å². The van der Waals surface area contributed by atoms with E-state index in [0.717, 1.165) is 10.3 Å². The molecule has 1 aromatic carbocycles. The van der Waals surface area contributed by atoms with Crippen LogP contribution in [0, 0.1) is 5.21 Å². The van der Waals surface area contributed by atoms with Crippen molar-refractivity contribution in [2.75, 3.05) is 0 Å². The molecular weight excluding hydrogens is 192 g/mol. The predicted octanol–water partition coefficient (Wildman–Crippen LogP) is 1.85. The second-order valence-electron chi connectivity index (χ2n) is 3.76. The van der Waals surface area contributed by atoms with Crippen LogP contribution in [0.1, 0.15) is 19.4 Å². The van der Waals surface area contributed by atoms with E-state index in [1.54, 1.807) is 13.8 Å². The molecule has 15 heavy (non-hydrogen) atoms. The van der Waals surface area contributed by atoms with E-state index in [1.165, 1.54) is 12.4 Å². The molecule has 80 valence electrons. The van der Waals surface area contributed by atoms with Gasteiger partial charge in [-0.2, -0.15) is 0 Å². The van der Waals surface area contributed by atoms with E-state index in [1.807, 2.05) is 30.3 Å². The first-order chi connectivity index (χ1) is 7.06. The van der Waals surface area contributed by atoms with Crippen LogP contribution in [0.4, 0.5) is 0 Å². The van der Waals surface area contributed by atoms with Crippen molar-refractivity contribution in [3.05, 3.63) is 41.1 Å². The van der Waals surface area contributed by atoms with Gasteiger partial charge >= 0.3 is 0 Å². The lowest BCUT2D eigenvalue weighted by atomic mass is 10.1. The van der Waals surface area contributed by atoms with Crippen molar-refractivity contribution < 1.29 is 9.95 Å². The monoisotopic (exact) mass is 206 g/mol. The smallest absolute Gasteiger partial charge is 0.205 e. The molecule has 0 saturated carbocycles. The molecule has 0 amide bonds. The van der Waals surface area contributed by atoms with Crippen molar-refractivity contribution in [2.24, 2.45) is 5.16 Å². The van der Waals surface area contributed by atoms with Crippen molar-refractivity contribution >= 4 is 12.4 Å². The summed E-state index contributed by atoms with van der Waals surface area (Å²) in [6, 6.07) is 9.25. The third-order valence-electron chi connectivity index (χ3n) is 2.01.